The molecule has 0 aliphatic rings. The van der Waals surface area contributed by atoms with Crippen LogP contribution in [0.1, 0.15) is 16.7 Å². The molecule has 13 heteroatoms. The molecule has 2 N–H and O–H groups in total. The van der Waals surface area contributed by atoms with Crippen LogP contribution in [-0.2, 0) is 25.8 Å². The van der Waals surface area contributed by atoms with Crippen LogP contribution in [0.25, 0.3) is 0 Å². The maximum absolute atomic E-state index is 13.4. The molecule has 44 heavy (non-hydrogen) atoms. The monoisotopic (exact) mass is 624 g/mol. The molecule has 0 aliphatic carbocycles. The van der Waals surface area contributed by atoms with Crippen molar-refractivity contribution in [2.45, 2.75) is 18.0 Å². The molecule has 9 nitrogen and oxygen atoms in total. The molecule has 0 heterocycles. The van der Waals surface area contributed by atoms with Gasteiger partial charge in [0.15, 0.2) is 6.61 Å². The number of alkyl halides is 3. The van der Waals surface area contributed by atoms with Crippen molar-refractivity contribution < 1.29 is 35.9 Å². The van der Waals surface area contributed by atoms with Crippen LogP contribution in [0.4, 0.5) is 24.5 Å². The average Bonchev–Trinajstić information content (AvgIpc) is 3.00. The van der Waals surface area contributed by atoms with Gasteiger partial charge in [-0.1, -0.05) is 42.0 Å². The lowest BCUT2D eigenvalue weighted by atomic mass is 10.2. The number of nitrogens with one attached hydrogen (secondary N) is 2. The maximum Gasteiger partial charge on any atom is 0.416 e. The molecular weight excluding hydrogens is 597 g/mol. The molecule has 0 atom stereocenters. The summed E-state index contributed by atoms with van der Waals surface area (Å²) in [6.45, 7) is 0.692. The number of benzene rings is 4. The minimum absolute atomic E-state index is 0.198. The van der Waals surface area contributed by atoms with Gasteiger partial charge in [-0.2, -0.15) is 18.3 Å². The van der Waals surface area contributed by atoms with E-state index in [0.29, 0.717) is 27.4 Å². The summed E-state index contributed by atoms with van der Waals surface area (Å²) in [5.41, 5.74) is 2.74. The van der Waals surface area contributed by atoms with E-state index in [1.807, 2.05) is 6.07 Å². The molecule has 0 unspecified atom stereocenters. The molecule has 0 saturated heterocycles. The molecule has 0 aliphatic heterocycles. The van der Waals surface area contributed by atoms with Gasteiger partial charge in [0.25, 0.3) is 21.8 Å². The summed E-state index contributed by atoms with van der Waals surface area (Å²) in [5.74, 6) is -0.820. The van der Waals surface area contributed by atoms with Gasteiger partial charge in [0.2, 0.25) is 0 Å². The lowest BCUT2D eigenvalue weighted by Crippen LogP contribution is -2.39. The Morgan fingerprint density at radius 2 is 1.57 bits per heavy atom. The van der Waals surface area contributed by atoms with Gasteiger partial charge in [0.05, 0.1) is 22.4 Å². The van der Waals surface area contributed by atoms with Gasteiger partial charge in [-0.25, -0.2) is 13.8 Å². The van der Waals surface area contributed by atoms with Crippen molar-refractivity contribution in [3.63, 3.8) is 0 Å². The second-order valence-electron chi connectivity index (χ2n) is 9.44. The zero-order valence-corrected chi connectivity index (χ0v) is 24.1. The SMILES string of the molecule is Cc1ccc(S(=O)(=O)N(CC(=O)N/N=C\c2ccc(OCC(=O)Nc3ccccc3)cc2)c2cccc(C(F)(F)F)c2)cc1. The van der Waals surface area contributed by atoms with E-state index >= 15 is 0 Å². The summed E-state index contributed by atoms with van der Waals surface area (Å²) in [4.78, 5) is 24.6. The Kier molecular flexibility index (Phi) is 10.0. The van der Waals surface area contributed by atoms with Crippen LogP contribution in [0, 0.1) is 6.92 Å². The van der Waals surface area contributed by atoms with E-state index in [9.17, 15) is 31.2 Å². The first-order valence-corrected chi connectivity index (χ1v) is 14.5. The zero-order chi connectivity index (χ0) is 31.7. The second-order valence-corrected chi connectivity index (χ2v) is 11.3. The van der Waals surface area contributed by atoms with Crippen molar-refractivity contribution >= 4 is 39.4 Å². The fourth-order valence-electron chi connectivity index (χ4n) is 3.85. The van der Waals surface area contributed by atoms with Crippen LogP contribution in [0.2, 0.25) is 0 Å². The van der Waals surface area contributed by atoms with Crippen LogP contribution in [-0.4, -0.2) is 39.6 Å². The number of sulfonamides is 1. The van der Waals surface area contributed by atoms with E-state index in [1.165, 1.54) is 36.5 Å². The number of hydrogen-bond donors (Lipinski definition) is 2. The number of nitrogens with zero attached hydrogens (tertiary/aromatic N) is 2. The van der Waals surface area contributed by atoms with Gasteiger partial charge < -0.3 is 10.1 Å². The van der Waals surface area contributed by atoms with E-state index in [2.05, 4.69) is 15.8 Å². The predicted molar refractivity (Wildman–Crippen MR) is 160 cm³/mol. The number of aryl methyl sites for hydroxylation is 1. The van der Waals surface area contributed by atoms with E-state index in [0.717, 1.165) is 17.7 Å². The number of rotatable bonds is 11. The van der Waals surface area contributed by atoms with Crippen molar-refractivity contribution in [1.29, 1.82) is 0 Å². The number of amides is 2. The van der Waals surface area contributed by atoms with E-state index < -0.39 is 34.2 Å². The summed E-state index contributed by atoms with van der Waals surface area (Å²) in [6.07, 6.45) is -3.44. The van der Waals surface area contributed by atoms with Gasteiger partial charge in [-0.05, 0) is 79.2 Å². The number of ether oxygens (including phenoxy) is 1. The Balaban J connectivity index is 1.41. The first-order valence-electron chi connectivity index (χ1n) is 13.1. The molecular formula is C31H27F3N4O5S. The van der Waals surface area contributed by atoms with Crippen molar-refractivity contribution in [2.24, 2.45) is 5.10 Å². The molecule has 2 amide bonds. The number of carbonyl (C=O) groups excluding carboxylic acids is 2. The highest BCUT2D eigenvalue weighted by Crippen LogP contribution is 2.33. The van der Waals surface area contributed by atoms with Gasteiger partial charge in [0, 0.05) is 5.69 Å². The largest absolute Gasteiger partial charge is 0.484 e. The van der Waals surface area contributed by atoms with Crippen LogP contribution in [0.3, 0.4) is 0 Å². The molecule has 0 aromatic heterocycles. The minimum Gasteiger partial charge on any atom is -0.484 e. The maximum atomic E-state index is 13.4. The van der Waals surface area contributed by atoms with Crippen molar-refractivity contribution in [2.75, 3.05) is 22.8 Å². The summed E-state index contributed by atoms with van der Waals surface area (Å²) in [5, 5.41) is 6.53. The Morgan fingerprint density at radius 1 is 0.886 bits per heavy atom. The van der Waals surface area contributed by atoms with Crippen molar-refractivity contribution in [1.82, 2.24) is 5.43 Å². The molecule has 228 valence electrons. The van der Waals surface area contributed by atoms with Crippen molar-refractivity contribution in [3.8, 4) is 5.75 Å². The minimum atomic E-state index is -4.73. The van der Waals surface area contributed by atoms with Gasteiger partial charge in [-0.15, -0.1) is 0 Å². The summed E-state index contributed by atoms with van der Waals surface area (Å²) in [7, 11) is -4.43. The Morgan fingerprint density at radius 3 is 2.23 bits per heavy atom. The molecule has 4 rings (SSSR count). The Bertz CT molecular complexity index is 1730. The van der Waals surface area contributed by atoms with Crippen LogP contribution < -0.4 is 19.8 Å². The number of halogens is 3. The lowest BCUT2D eigenvalue weighted by molar-refractivity contribution is -0.137. The fourth-order valence-corrected chi connectivity index (χ4v) is 5.26. The fraction of sp³-hybridized carbons (Fsp3) is 0.129. The molecule has 0 bridgehead atoms. The topological polar surface area (TPSA) is 117 Å². The van der Waals surface area contributed by atoms with Crippen LogP contribution in [0.5, 0.6) is 5.75 Å². The highest BCUT2D eigenvalue weighted by Gasteiger charge is 2.33. The Labute approximate surface area is 252 Å². The van der Waals surface area contributed by atoms with Crippen LogP contribution in [0.15, 0.2) is 113 Å². The van der Waals surface area contributed by atoms with E-state index in [4.69, 9.17) is 4.74 Å². The first kappa shape index (κ1) is 31.8. The third-order valence-corrected chi connectivity index (χ3v) is 7.86. The lowest BCUT2D eigenvalue weighted by Gasteiger charge is -2.24. The molecule has 4 aromatic rings. The van der Waals surface area contributed by atoms with Gasteiger partial charge >= 0.3 is 6.18 Å². The summed E-state index contributed by atoms with van der Waals surface area (Å²) >= 11 is 0. The van der Waals surface area contributed by atoms with Gasteiger partial charge in [-0.3, -0.25) is 13.9 Å². The summed E-state index contributed by atoms with van der Waals surface area (Å²) in [6, 6.07) is 24.7. The Hall–Kier alpha value is -5.17. The third-order valence-electron chi connectivity index (χ3n) is 6.07. The number of para-hydroxylation sites is 1. The number of hydrazone groups is 1. The van der Waals surface area contributed by atoms with Crippen molar-refractivity contribution in [3.05, 3.63) is 120 Å². The summed E-state index contributed by atoms with van der Waals surface area (Å²) < 4.78 is 73.1. The third kappa shape index (κ3) is 8.67. The molecule has 0 spiro atoms. The second kappa shape index (κ2) is 13.9. The highest BCUT2D eigenvalue weighted by molar-refractivity contribution is 7.92. The van der Waals surface area contributed by atoms with Gasteiger partial charge in [0.1, 0.15) is 12.3 Å². The number of carbonyl (C=O) groups is 2. The standard InChI is InChI=1S/C31H27F3N4O5S/c1-22-10-16-28(17-11-22)44(41,42)38(26-9-5-6-24(18-26)31(32,33)34)20-29(39)37-35-19-23-12-14-27(15-13-23)43-21-30(40)36-25-7-3-2-4-8-25/h2-19H,20-21H2,1H3,(H,36,40)(H,37,39)/b35-19-. The normalized spacial score (nSPS) is 11.6. The number of hydrogen-bond acceptors (Lipinski definition) is 6. The van der Waals surface area contributed by atoms with Crippen LogP contribution >= 0.6 is 0 Å². The molecule has 0 fully saturated rings. The highest BCUT2D eigenvalue weighted by atomic mass is 32.2. The zero-order valence-electron chi connectivity index (χ0n) is 23.3. The number of anilines is 2. The first-order chi connectivity index (χ1) is 20.9. The molecule has 0 saturated carbocycles. The quantitative estimate of drug-likeness (QED) is 0.172. The predicted octanol–water partition coefficient (Wildman–Crippen LogP) is 5.38. The average molecular weight is 625 g/mol. The molecule has 0 radical (unpaired) electrons. The molecule has 4 aromatic carbocycles. The van der Waals surface area contributed by atoms with E-state index in [1.54, 1.807) is 55.5 Å². The van der Waals surface area contributed by atoms with E-state index in [-0.39, 0.29) is 23.1 Å². The smallest absolute Gasteiger partial charge is 0.416 e.